The fourth-order valence-electron chi connectivity index (χ4n) is 2.16. The Balaban J connectivity index is 1.95. The van der Waals surface area contributed by atoms with Crippen molar-refractivity contribution < 1.29 is 5.11 Å². The lowest BCUT2D eigenvalue weighted by Crippen LogP contribution is -1.98. The van der Waals surface area contributed by atoms with Crippen LogP contribution in [0.1, 0.15) is 31.7 Å². The molecule has 0 heterocycles. The molecule has 0 aliphatic carbocycles. The summed E-state index contributed by atoms with van der Waals surface area (Å²) in [5, 5.41) is 11.8. The van der Waals surface area contributed by atoms with Crippen molar-refractivity contribution in [1.29, 1.82) is 0 Å². The van der Waals surface area contributed by atoms with E-state index in [1.807, 2.05) is 6.92 Å². The molecule has 0 spiro atoms. The Morgan fingerprint density at radius 2 is 1.76 bits per heavy atom. The second-order valence-electron chi connectivity index (χ2n) is 4.78. The van der Waals surface area contributed by atoms with E-state index in [4.69, 9.17) is 0 Å². The van der Waals surface area contributed by atoms with Crippen LogP contribution in [-0.2, 0) is 6.42 Å². The molecule has 1 unspecified atom stereocenters. The summed E-state index contributed by atoms with van der Waals surface area (Å²) >= 11 is 0. The molecule has 0 aliphatic rings. The van der Waals surface area contributed by atoms with Crippen molar-refractivity contribution in [3.05, 3.63) is 48.0 Å². The molecule has 1 nitrogen and oxygen atoms in total. The van der Waals surface area contributed by atoms with Gasteiger partial charge in [0, 0.05) is 0 Å². The Morgan fingerprint density at radius 3 is 2.53 bits per heavy atom. The molecule has 2 rings (SSSR count). The quantitative estimate of drug-likeness (QED) is 0.769. The molecule has 90 valence electrons. The second kappa shape index (κ2) is 5.83. The normalized spacial score (nSPS) is 12.8. The van der Waals surface area contributed by atoms with Crippen LogP contribution in [-0.4, -0.2) is 11.2 Å². The van der Waals surface area contributed by atoms with Gasteiger partial charge in [-0.25, -0.2) is 0 Å². The molecular formula is C16H20O. The van der Waals surface area contributed by atoms with E-state index >= 15 is 0 Å². The first-order valence-corrected chi connectivity index (χ1v) is 6.41. The van der Waals surface area contributed by atoms with E-state index < -0.39 is 0 Å². The Hall–Kier alpha value is -1.34. The number of benzene rings is 2. The zero-order valence-electron chi connectivity index (χ0n) is 10.4. The molecule has 0 aromatic heterocycles. The molecule has 1 N–H and O–H groups in total. The predicted octanol–water partition coefficient (Wildman–Crippen LogP) is 3.93. The van der Waals surface area contributed by atoms with Crippen molar-refractivity contribution >= 4 is 10.8 Å². The third kappa shape index (κ3) is 3.57. The standard InChI is InChI=1S/C16H20O/c1-13(17)6-2-3-7-14-10-11-15-8-4-5-9-16(15)12-14/h4-5,8-13,17H,2-3,6-7H2,1H3. The highest BCUT2D eigenvalue weighted by Gasteiger charge is 1.98. The zero-order valence-corrected chi connectivity index (χ0v) is 10.4. The van der Waals surface area contributed by atoms with Gasteiger partial charge < -0.3 is 5.11 Å². The van der Waals surface area contributed by atoms with E-state index in [0.29, 0.717) is 0 Å². The molecule has 0 aliphatic heterocycles. The van der Waals surface area contributed by atoms with E-state index in [1.54, 1.807) is 0 Å². The average Bonchev–Trinajstić information content (AvgIpc) is 2.34. The lowest BCUT2D eigenvalue weighted by atomic mass is 10.0. The Bertz CT molecular complexity index is 474. The van der Waals surface area contributed by atoms with Crippen molar-refractivity contribution in [3.63, 3.8) is 0 Å². The first-order chi connectivity index (χ1) is 8.25. The van der Waals surface area contributed by atoms with Gasteiger partial charge in [-0.3, -0.25) is 0 Å². The van der Waals surface area contributed by atoms with Crippen molar-refractivity contribution in [2.75, 3.05) is 0 Å². The van der Waals surface area contributed by atoms with Crippen molar-refractivity contribution in [2.45, 2.75) is 38.7 Å². The summed E-state index contributed by atoms with van der Waals surface area (Å²) < 4.78 is 0. The van der Waals surface area contributed by atoms with Crippen molar-refractivity contribution in [2.24, 2.45) is 0 Å². The van der Waals surface area contributed by atoms with Crippen LogP contribution in [0.3, 0.4) is 0 Å². The summed E-state index contributed by atoms with van der Waals surface area (Å²) in [4.78, 5) is 0. The van der Waals surface area contributed by atoms with Crippen LogP contribution < -0.4 is 0 Å². The first-order valence-electron chi connectivity index (χ1n) is 6.41. The molecule has 1 heteroatoms. The summed E-state index contributed by atoms with van der Waals surface area (Å²) in [6, 6.07) is 15.1. The molecule has 0 bridgehead atoms. The van der Waals surface area contributed by atoms with Gasteiger partial charge in [-0.2, -0.15) is 0 Å². The van der Waals surface area contributed by atoms with Crippen LogP contribution in [0.2, 0.25) is 0 Å². The second-order valence-corrected chi connectivity index (χ2v) is 4.78. The largest absolute Gasteiger partial charge is 0.393 e. The van der Waals surface area contributed by atoms with Gasteiger partial charge in [-0.1, -0.05) is 48.9 Å². The molecule has 17 heavy (non-hydrogen) atoms. The van der Waals surface area contributed by atoms with Crippen LogP contribution >= 0.6 is 0 Å². The first kappa shape index (κ1) is 12.1. The molecule has 0 fully saturated rings. The maximum atomic E-state index is 9.19. The molecular weight excluding hydrogens is 208 g/mol. The Morgan fingerprint density at radius 1 is 1.00 bits per heavy atom. The fourth-order valence-corrected chi connectivity index (χ4v) is 2.16. The number of rotatable bonds is 5. The molecule has 0 radical (unpaired) electrons. The van der Waals surface area contributed by atoms with Crippen molar-refractivity contribution in [1.82, 2.24) is 0 Å². The Labute approximate surface area is 103 Å². The molecule has 2 aromatic carbocycles. The molecule has 0 saturated heterocycles. The number of fused-ring (bicyclic) bond motifs is 1. The Kier molecular flexibility index (Phi) is 4.16. The smallest absolute Gasteiger partial charge is 0.0512 e. The van der Waals surface area contributed by atoms with Gasteiger partial charge in [0.2, 0.25) is 0 Å². The highest BCUT2D eigenvalue weighted by atomic mass is 16.3. The van der Waals surface area contributed by atoms with Gasteiger partial charge in [0.15, 0.2) is 0 Å². The zero-order chi connectivity index (χ0) is 12.1. The molecule has 2 aromatic rings. The maximum Gasteiger partial charge on any atom is 0.0512 e. The van der Waals surface area contributed by atoms with E-state index in [2.05, 4.69) is 42.5 Å². The highest BCUT2D eigenvalue weighted by molar-refractivity contribution is 5.82. The average molecular weight is 228 g/mol. The summed E-state index contributed by atoms with van der Waals surface area (Å²) in [6.45, 7) is 1.86. The number of hydrogen-bond donors (Lipinski definition) is 1. The van der Waals surface area contributed by atoms with Gasteiger partial charge in [0.25, 0.3) is 0 Å². The minimum Gasteiger partial charge on any atom is -0.393 e. The predicted molar refractivity (Wildman–Crippen MR) is 73.2 cm³/mol. The van der Waals surface area contributed by atoms with Crippen LogP contribution in [0.15, 0.2) is 42.5 Å². The summed E-state index contributed by atoms with van der Waals surface area (Å²) in [7, 11) is 0. The maximum absolute atomic E-state index is 9.19. The number of aliphatic hydroxyl groups excluding tert-OH is 1. The van der Waals surface area contributed by atoms with E-state index in [-0.39, 0.29) is 6.10 Å². The molecule has 1 atom stereocenters. The van der Waals surface area contributed by atoms with E-state index in [9.17, 15) is 5.11 Å². The van der Waals surface area contributed by atoms with Crippen LogP contribution in [0.4, 0.5) is 0 Å². The van der Waals surface area contributed by atoms with Crippen LogP contribution in [0, 0.1) is 0 Å². The van der Waals surface area contributed by atoms with Crippen LogP contribution in [0.25, 0.3) is 10.8 Å². The summed E-state index contributed by atoms with van der Waals surface area (Å²) in [6.07, 6.45) is 4.12. The number of unbranched alkanes of at least 4 members (excludes halogenated alkanes) is 1. The minimum atomic E-state index is -0.161. The number of aryl methyl sites for hydroxylation is 1. The van der Waals surface area contributed by atoms with Gasteiger partial charge in [0.05, 0.1) is 6.10 Å². The van der Waals surface area contributed by atoms with Crippen molar-refractivity contribution in [3.8, 4) is 0 Å². The number of aliphatic hydroxyl groups is 1. The summed E-state index contributed by atoms with van der Waals surface area (Å²) in [5.74, 6) is 0. The minimum absolute atomic E-state index is 0.161. The monoisotopic (exact) mass is 228 g/mol. The van der Waals surface area contributed by atoms with E-state index in [1.165, 1.54) is 16.3 Å². The van der Waals surface area contributed by atoms with Gasteiger partial charge in [0.1, 0.15) is 0 Å². The lowest BCUT2D eigenvalue weighted by molar-refractivity contribution is 0.180. The van der Waals surface area contributed by atoms with Gasteiger partial charge in [-0.05, 0) is 42.5 Å². The molecule has 0 saturated carbocycles. The lowest BCUT2D eigenvalue weighted by Gasteiger charge is -2.05. The van der Waals surface area contributed by atoms with Gasteiger partial charge >= 0.3 is 0 Å². The highest BCUT2D eigenvalue weighted by Crippen LogP contribution is 2.17. The third-order valence-corrected chi connectivity index (χ3v) is 3.15. The molecule has 0 amide bonds. The summed E-state index contributed by atoms with van der Waals surface area (Å²) in [5.41, 5.74) is 1.40. The third-order valence-electron chi connectivity index (χ3n) is 3.15. The van der Waals surface area contributed by atoms with Gasteiger partial charge in [-0.15, -0.1) is 0 Å². The SMILES string of the molecule is CC(O)CCCCc1ccc2ccccc2c1. The fraction of sp³-hybridized carbons (Fsp3) is 0.375. The van der Waals surface area contributed by atoms with E-state index in [0.717, 1.165) is 25.7 Å². The van der Waals surface area contributed by atoms with Crippen LogP contribution in [0.5, 0.6) is 0 Å². The topological polar surface area (TPSA) is 20.2 Å². The number of hydrogen-bond acceptors (Lipinski definition) is 1.